The van der Waals surface area contributed by atoms with Gasteiger partial charge in [0.1, 0.15) is 11.5 Å². The van der Waals surface area contributed by atoms with Crippen molar-refractivity contribution in [1.29, 1.82) is 0 Å². The van der Waals surface area contributed by atoms with E-state index in [1.165, 1.54) is 12.1 Å². The van der Waals surface area contributed by atoms with Crippen LogP contribution in [0, 0.1) is 6.92 Å². The number of halogens is 3. The lowest BCUT2D eigenvalue weighted by Crippen LogP contribution is -2.39. The highest BCUT2D eigenvalue weighted by atomic mass is 19.4. The number of carboxylic acids is 1. The van der Waals surface area contributed by atoms with Gasteiger partial charge in [-0.05, 0) is 19.1 Å². The molecule has 0 radical (unpaired) electrons. The second-order valence-electron chi connectivity index (χ2n) is 3.57. The van der Waals surface area contributed by atoms with Crippen molar-refractivity contribution in [2.24, 2.45) is 0 Å². The van der Waals surface area contributed by atoms with Gasteiger partial charge in [0.05, 0.1) is 12.5 Å². The lowest BCUT2D eigenvalue weighted by Gasteiger charge is -2.15. The number of carbonyl (C=O) groups is 2. The minimum atomic E-state index is -5.07. The van der Waals surface area contributed by atoms with Crippen LogP contribution in [0.15, 0.2) is 16.5 Å². The van der Waals surface area contributed by atoms with E-state index in [0.29, 0.717) is 5.76 Å². The minimum absolute atomic E-state index is 0.0347. The zero-order valence-electron chi connectivity index (χ0n) is 9.25. The summed E-state index contributed by atoms with van der Waals surface area (Å²) in [7, 11) is 0. The molecular weight excluding hydrogens is 255 g/mol. The van der Waals surface area contributed by atoms with Crippen LogP contribution in [0.4, 0.5) is 13.2 Å². The number of aryl methyl sites for hydroxylation is 1. The first-order chi connectivity index (χ1) is 8.20. The zero-order valence-corrected chi connectivity index (χ0v) is 9.25. The van der Waals surface area contributed by atoms with Crippen LogP contribution in [0.3, 0.4) is 0 Å². The van der Waals surface area contributed by atoms with Crippen molar-refractivity contribution in [1.82, 2.24) is 5.32 Å². The van der Waals surface area contributed by atoms with Crippen LogP contribution in [-0.4, -0.2) is 23.2 Å². The monoisotopic (exact) mass is 265 g/mol. The molecule has 1 rings (SSSR count). The van der Waals surface area contributed by atoms with Crippen LogP contribution in [0.5, 0.6) is 0 Å². The maximum atomic E-state index is 12.1. The lowest BCUT2D eigenvalue weighted by atomic mass is 10.1. The Morgan fingerprint density at radius 3 is 2.44 bits per heavy atom. The highest BCUT2D eigenvalue weighted by Gasteiger charge is 2.40. The molecule has 0 bridgehead atoms. The molecule has 1 heterocycles. The van der Waals surface area contributed by atoms with E-state index in [4.69, 9.17) is 9.52 Å². The molecule has 0 aromatic carbocycles. The molecule has 0 fully saturated rings. The Hall–Kier alpha value is -1.99. The number of hydrogen-bond donors (Lipinski definition) is 2. The topological polar surface area (TPSA) is 79.5 Å². The van der Waals surface area contributed by atoms with Gasteiger partial charge in [0.15, 0.2) is 0 Å². The van der Waals surface area contributed by atoms with Crippen molar-refractivity contribution in [3.8, 4) is 0 Å². The number of alkyl halides is 3. The molecule has 100 valence electrons. The van der Waals surface area contributed by atoms with Gasteiger partial charge < -0.3 is 14.8 Å². The molecule has 0 saturated carbocycles. The Bertz CT molecular complexity index is 452. The summed E-state index contributed by atoms with van der Waals surface area (Å²) >= 11 is 0. The van der Waals surface area contributed by atoms with Crippen molar-refractivity contribution in [3.05, 3.63) is 23.7 Å². The molecule has 5 nitrogen and oxygen atoms in total. The van der Waals surface area contributed by atoms with Crippen LogP contribution in [0.2, 0.25) is 0 Å². The Kier molecular flexibility index (Phi) is 4.00. The summed E-state index contributed by atoms with van der Waals surface area (Å²) in [5, 5.41) is 10.2. The molecule has 1 aromatic heterocycles. The average Bonchev–Trinajstić information content (AvgIpc) is 2.61. The van der Waals surface area contributed by atoms with E-state index in [-0.39, 0.29) is 5.76 Å². The van der Waals surface area contributed by atoms with E-state index in [1.54, 1.807) is 12.2 Å². The molecule has 0 spiro atoms. The molecule has 0 saturated heterocycles. The van der Waals surface area contributed by atoms with Crippen LogP contribution >= 0.6 is 0 Å². The standard InChI is InChI=1S/C10H10F3NO4/c1-5-2-3-7(18-5)6(4-8(15)16)14-9(17)10(11,12)13/h2-3,6H,4H2,1H3,(H,14,17)(H,15,16)/t6-/m0/s1. The van der Waals surface area contributed by atoms with Crippen molar-refractivity contribution in [2.75, 3.05) is 0 Å². The van der Waals surface area contributed by atoms with E-state index in [9.17, 15) is 22.8 Å². The zero-order chi connectivity index (χ0) is 13.9. The molecular formula is C10H10F3NO4. The molecule has 2 N–H and O–H groups in total. The van der Waals surface area contributed by atoms with Crippen LogP contribution < -0.4 is 5.32 Å². The van der Waals surface area contributed by atoms with Crippen molar-refractivity contribution < 1.29 is 32.3 Å². The molecule has 0 aliphatic rings. The number of furan rings is 1. The third-order valence-electron chi connectivity index (χ3n) is 2.05. The fourth-order valence-corrected chi connectivity index (χ4v) is 1.28. The van der Waals surface area contributed by atoms with E-state index in [2.05, 4.69) is 0 Å². The highest BCUT2D eigenvalue weighted by Crippen LogP contribution is 2.22. The van der Waals surface area contributed by atoms with Crippen molar-refractivity contribution in [3.63, 3.8) is 0 Å². The Morgan fingerprint density at radius 1 is 1.44 bits per heavy atom. The predicted octanol–water partition coefficient (Wildman–Crippen LogP) is 1.78. The molecule has 1 atom stereocenters. The molecule has 0 unspecified atom stereocenters. The SMILES string of the molecule is Cc1ccc([C@H](CC(=O)O)NC(=O)C(F)(F)F)o1. The maximum absolute atomic E-state index is 12.1. The second kappa shape index (κ2) is 5.11. The van der Waals surface area contributed by atoms with Gasteiger partial charge in [-0.1, -0.05) is 0 Å². The van der Waals surface area contributed by atoms with Crippen molar-refractivity contribution in [2.45, 2.75) is 25.6 Å². The van der Waals surface area contributed by atoms with Gasteiger partial charge in [-0.2, -0.15) is 13.2 Å². The first kappa shape index (κ1) is 14.1. The normalized spacial score (nSPS) is 13.1. The summed E-state index contributed by atoms with van der Waals surface area (Å²) in [6.45, 7) is 1.55. The van der Waals surface area contributed by atoms with E-state index in [1.807, 2.05) is 0 Å². The molecule has 1 aromatic rings. The smallest absolute Gasteiger partial charge is 0.471 e. The first-order valence-corrected chi connectivity index (χ1v) is 4.86. The molecule has 8 heteroatoms. The van der Waals surface area contributed by atoms with Gasteiger partial charge >= 0.3 is 18.1 Å². The van der Waals surface area contributed by atoms with Gasteiger partial charge in [-0.3, -0.25) is 9.59 Å². The van der Waals surface area contributed by atoms with Gasteiger partial charge in [0, 0.05) is 0 Å². The van der Waals surface area contributed by atoms with Gasteiger partial charge in [0.2, 0.25) is 0 Å². The van der Waals surface area contributed by atoms with Crippen LogP contribution in [-0.2, 0) is 9.59 Å². The Balaban J connectivity index is 2.86. The number of carbonyl (C=O) groups excluding carboxylic acids is 1. The molecule has 1 amide bonds. The number of rotatable bonds is 4. The number of amides is 1. The second-order valence-corrected chi connectivity index (χ2v) is 3.57. The fourth-order valence-electron chi connectivity index (χ4n) is 1.28. The number of aliphatic carboxylic acids is 1. The van der Waals surface area contributed by atoms with Crippen LogP contribution in [0.1, 0.15) is 24.0 Å². The highest BCUT2D eigenvalue weighted by molar-refractivity contribution is 5.82. The number of hydrogen-bond acceptors (Lipinski definition) is 3. The fraction of sp³-hybridized carbons (Fsp3) is 0.400. The Labute approximate surface area is 99.6 Å². The van der Waals surface area contributed by atoms with Gasteiger partial charge in [-0.15, -0.1) is 0 Å². The molecule has 0 aliphatic carbocycles. The summed E-state index contributed by atoms with van der Waals surface area (Å²) in [5.74, 6) is -3.19. The van der Waals surface area contributed by atoms with E-state index >= 15 is 0 Å². The summed E-state index contributed by atoms with van der Waals surface area (Å²) in [5.41, 5.74) is 0. The third kappa shape index (κ3) is 3.79. The predicted molar refractivity (Wildman–Crippen MR) is 52.6 cm³/mol. The van der Waals surface area contributed by atoms with E-state index < -0.39 is 30.5 Å². The Morgan fingerprint density at radius 2 is 2.06 bits per heavy atom. The van der Waals surface area contributed by atoms with Gasteiger partial charge in [0.25, 0.3) is 0 Å². The molecule has 0 aliphatic heterocycles. The van der Waals surface area contributed by atoms with E-state index in [0.717, 1.165) is 0 Å². The van der Waals surface area contributed by atoms with Crippen molar-refractivity contribution >= 4 is 11.9 Å². The largest absolute Gasteiger partial charge is 0.481 e. The molecule has 18 heavy (non-hydrogen) atoms. The van der Waals surface area contributed by atoms with Crippen LogP contribution in [0.25, 0.3) is 0 Å². The summed E-state index contributed by atoms with van der Waals surface area (Å²) < 4.78 is 41.2. The average molecular weight is 265 g/mol. The summed E-state index contributed by atoms with van der Waals surface area (Å²) in [6.07, 6.45) is -5.77. The lowest BCUT2D eigenvalue weighted by molar-refractivity contribution is -0.174. The first-order valence-electron chi connectivity index (χ1n) is 4.86. The summed E-state index contributed by atoms with van der Waals surface area (Å²) in [4.78, 5) is 21.3. The van der Waals surface area contributed by atoms with Gasteiger partial charge in [-0.25, -0.2) is 0 Å². The quantitative estimate of drug-likeness (QED) is 0.869. The minimum Gasteiger partial charge on any atom is -0.481 e. The summed E-state index contributed by atoms with van der Waals surface area (Å²) in [6, 6.07) is 1.43. The number of nitrogens with one attached hydrogen (secondary N) is 1. The number of carboxylic acid groups (broad SMARTS) is 1. The third-order valence-corrected chi connectivity index (χ3v) is 2.05. The maximum Gasteiger partial charge on any atom is 0.471 e.